The molecule has 142 valence electrons. The standard InChI is InChI=1S/C19H27N3O4/c1-13(2)17(24)20-14-11-19(26-12-14)7-9-22(10-8-19)18(25)15-5-4-6-16(23)21(15)3/h4-6,13-14H,7-12H2,1-3H3,(H,20,24). The quantitative estimate of drug-likeness (QED) is 0.868. The van der Waals surface area contributed by atoms with Gasteiger partial charge in [-0.15, -0.1) is 0 Å². The van der Waals surface area contributed by atoms with Crippen molar-refractivity contribution in [3.63, 3.8) is 0 Å². The number of nitrogens with zero attached hydrogens (tertiary/aromatic N) is 2. The highest BCUT2D eigenvalue weighted by Gasteiger charge is 2.44. The number of pyridine rings is 1. The third-order valence-corrected chi connectivity index (χ3v) is 5.45. The molecule has 1 atom stereocenters. The molecular weight excluding hydrogens is 334 g/mol. The average Bonchev–Trinajstić information content (AvgIpc) is 2.99. The van der Waals surface area contributed by atoms with E-state index in [0.717, 1.165) is 19.3 Å². The second kappa shape index (κ2) is 7.23. The Hall–Kier alpha value is -2.15. The number of aromatic nitrogens is 1. The summed E-state index contributed by atoms with van der Waals surface area (Å²) in [5.74, 6) is -0.112. The summed E-state index contributed by atoms with van der Waals surface area (Å²) in [6, 6.07) is 4.78. The number of piperidine rings is 1. The number of ether oxygens (including phenoxy) is 1. The van der Waals surface area contributed by atoms with Crippen molar-refractivity contribution < 1.29 is 14.3 Å². The summed E-state index contributed by atoms with van der Waals surface area (Å²) in [6.07, 6.45) is 2.28. The smallest absolute Gasteiger partial charge is 0.270 e. The highest BCUT2D eigenvalue weighted by molar-refractivity contribution is 5.92. The molecule has 26 heavy (non-hydrogen) atoms. The summed E-state index contributed by atoms with van der Waals surface area (Å²) in [5, 5.41) is 3.04. The van der Waals surface area contributed by atoms with Gasteiger partial charge in [-0.05, 0) is 25.3 Å². The Morgan fingerprint density at radius 3 is 2.62 bits per heavy atom. The Labute approximate surface area is 153 Å². The topological polar surface area (TPSA) is 80.6 Å². The van der Waals surface area contributed by atoms with Crippen LogP contribution in [0.15, 0.2) is 23.0 Å². The minimum absolute atomic E-state index is 0.0384. The summed E-state index contributed by atoms with van der Waals surface area (Å²) in [4.78, 5) is 38.1. The summed E-state index contributed by atoms with van der Waals surface area (Å²) < 4.78 is 7.43. The molecule has 0 aliphatic carbocycles. The van der Waals surface area contributed by atoms with E-state index in [1.54, 1.807) is 24.1 Å². The van der Waals surface area contributed by atoms with Crippen LogP contribution in [0.5, 0.6) is 0 Å². The van der Waals surface area contributed by atoms with Crippen molar-refractivity contribution in [3.05, 3.63) is 34.2 Å². The average molecular weight is 361 g/mol. The van der Waals surface area contributed by atoms with Gasteiger partial charge >= 0.3 is 0 Å². The number of rotatable bonds is 3. The monoisotopic (exact) mass is 361 g/mol. The van der Waals surface area contributed by atoms with Gasteiger partial charge in [0.05, 0.1) is 18.2 Å². The Bertz CT molecular complexity index is 747. The zero-order chi connectivity index (χ0) is 18.9. The molecule has 1 unspecified atom stereocenters. The number of carbonyl (C=O) groups excluding carboxylic acids is 2. The van der Waals surface area contributed by atoms with Crippen LogP contribution >= 0.6 is 0 Å². The van der Waals surface area contributed by atoms with E-state index in [1.807, 2.05) is 13.8 Å². The molecule has 0 aromatic carbocycles. The molecule has 7 heteroatoms. The Balaban J connectivity index is 1.59. The van der Waals surface area contributed by atoms with E-state index in [-0.39, 0.29) is 34.9 Å². The molecule has 2 amide bonds. The zero-order valence-corrected chi connectivity index (χ0v) is 15.7. The van der Waals surface area contributed by atoms with Crippen LogP contribution in [0.3, 0.4) is 0 Å². The number of hydrogen-bond donors (Lipinski definition) is 1. The third-order valence-electron chi connectivity index (χ3n) is 5.45. The lowest BCUT2D eigenvalue weighted by Crippen LogP contribution is -2.48. The van der Waals surface area contributed by atoms with Gasteiger partial charge in [0.2, 0.25) is 5.91 Å². The van der Waals surface area contributed by atoms with Crippen LogP contribution in [0.25, 0.3) is 0 Å². The van der Waals surface area contributed by atoms with E-state index in [0.29, 0.717) is 25.4 Å². The van der Waals surface area contributed by atoms with Gasteiger partial charge in [-0.3, -0.25) is 14.4 Å². The van der Waals surface area contributed by atoms with E-state index in [4.69, 9.17) is 4.74 Å². The maximum Gasteiger partial charge on any atom is 0.270 e. The van der Waals surface area contributed by atoms with E-state index < -0.39 is 0 Å². The molecule has 1 aromatic rings. The first-order valence-electron chi connectivity index (χ1n) is 9.21. The fourth-order valence-corrected chi connectivity index (χ4v) is 3.71. The molecule has 0 saturated carbocycles. The van der Waals surface area contributed by atoms with Crippen molar-refractivity contribution >= 4 is 11.8 Å². The molecule has 2 aliphatic heterocycles. The van der Waals surface area contributed by atoms with Gasteiger partial charge in [0.1, 0.15) is 5.69 Å². The number of hydrogen-bond acceptors (Lipinski definition) is 4. The van der Waals surface area contributed by atoms with E-state index in [2.05, 4.69) is 5.32 Å². The second-order valence-electron chi connectivity index (χ2n) is 7.66. The van der Waals surface area contributed by atoms with E-state index in [1.165, 1.54) is 10.6 Å². The molecule has 2 aliphatic rings. The van der Waals surface area contributed by atoms with Crippen molar-refractivity contribution in [3.8, 4) is 0 Å². The van der Waals surface area contributed by atoms with Crippen molar-refractivity contribution in [2.45, 2.75) is 44.8 Å². The van der Waals surface area contributed by atoms with E-state index in [9.17, 15) is 14.4 Å². The summed E-state index contributed by atoms with van der Waals surface area (Å²) in [6.45, 7) is 5.46. The molecular formula is C19H27N3O4. The molecule has 1 aromatic heterocycles. The van der Waals surface area contributed by atoms with Crippen LogP contribution in [0, 0.1) is 5.92 Å². The predicted molar refractivity (Wildman–Crippen MR) is 96.9 cm³/mol. The predicted octanol–water partition coefficient (Wildman–Crippen LogP) is 0.921. The third kappa shape index (κ3) is 3.67. The molecule has 3 rings (SSSR count). The molecule has 1 N–H and O–H groups in total. The molecule has 0 bridgehead atoms. The molecule has 7 nitrogen and oxygen atoms in total. The van der Waals surface area contributed by atoms with Crippen LogP contribution in [-0.2, 0) is 16.6 Å². The lowest BCUT2D eigenvalue weighted by atomic mass is 9.87. The second-order valence-corrected chi connectivity index (χ2v) is 7.66. The minimum atomic E-state index is -0.256. The normalized spacial score (nSPS) is 22.0. The van der Waals surface area contributed by atoms with Crippen LogP contribution in [0.1, 0.15) is 43.6 Å². The van der Waals surface area contributed by atoms with E-state index >= 15 is 0 Å². The summed E-state index contributed by atoms with van der Waals surface area (Å²) >= 11 is 0. The van der Waals surface area contributed by atoms with Gasteiger partial charge in [-0.25, -0.2) is 0 Å². The first-order chi connectivity index (χ1) is 12.3. The Morgan fingerprint density at radius 2 is 1.96 bits per heavy atom. The lowest BCUT2D eigenvalue weighted by Gasteiger charge is -2.38. The summed E-state index contributed by atoms with van der Waals surface area (Å²) in [7, 11) is 1.61. The van der Waals surface area contributed by atoms with Crippen molar-refractivity contribution in [2.75, 3.05) is 19.7 Å². The number of amides is 2. The van der Waals surface area contributed by atoms with Crippen LogP contribution < -0.4 is 10.9 Å². The van der Waals surface area contributed by atoms with Gasteiger partial charge in [0, 0.05) is 32.1 Å². The Morgan fingerprint density at radius 1 is 1.27 bits per heavy atom. The van der Waals surface area contributed by atoms with Gasteiger partial charge in [0.25, 0.3) is 11.5 Å². The maximum absolute atomic E-state index is 12.7. The molecule has 2 fully saturated rings. The highest BCUT2D eigenvalue weighted by atomic mass is 16.5. The Kier molecular flexibility index (Phi) is 5.18. The number of nitrogens with one attached hydrogen (secondary N) is 1. The number of likely N-dealkylation sites (tertiary alicyclic amines) is 1. The first-order valence-corrected chi connectivity index (χ1v) is 9.21. The fraction of sp³-hybridized carbons (Fsp3) is 0.632. The fourth-order valence-electron chi connectivity index (χ4n) is 3.71. The first kappa shape index (κ1) is 18.6. The van der Waals surface area contributed by atoms with Gasteiger partial charge < -0.3 is 19.5 Å². The minimum Gasteiger partial charge on any atom is -0.373 e. The zero-order valence-electron chi connectivity index (χ0n) is 15.7. The molecule has 0 radical (unpaired) electrons. The largest absolute Gasteiger partial charge is 0.373 e. The van der Waals surface area contributed by atoms with Gasteiger partial charge in [-0.1, -0.05) is 19.9 Å². The van der Waals surface area contributed by atoms with Crippen molar-refractivity contribution in [2.24, 2.45) is 13.0 Å². The van der Waals surface area contributed by atoms with Crippen LogP contribution in [-0.4, -0.2) is 52.6 Å². The van der Waals surface area contributed by atoms with Crippen molar-refractivity contribution in [1.82, 2.24) is 14.8 Å². The highest BCUT2D eigenvalue weighted by Crippen LogP contribution is 2.36. The lowest BCUT2D eigenvalue weighted by molar-refractivity contribution is -0.124. The van der Waals surface area contributed by atoms with Crippen LogP contribution in [0.4, 0.5) is 0 Å². The van der Waals surface area contributed by atoms with Crippen LogP contribution in [0.2, 0.25) is 0 Å². The summed E-state index contributed by atoms with van der Waals surface area (Å²) in [5.41, 5.74) is -0.0380. The SMILES string of the molecule is CC(C)C(=O)NC1COC2(CCN(C(=O)c3cccc(=O)n3C)CC2)C1. The molecule has 1 spiro atoms. The maximum atomic E-state index is 12.7. The van der Waals surface area contributed by atoms with Gasteiger partial charge in [0.15, 0.2) is 0 Å². The van der Waals surface area contributed by atoms with Crippen molar-refractivity contribution in [1.29, 1.82) is 0 Å². The molecule has 3 heterocycles. The number of carbonyl (C=O) groups is 2. The van der Waals surface area contributed by atoms with Gasteiger partial charge in [-0.2, -0.15) is 0 Å². The molecule has 2 saturated heterocycles.